The van der Waals surface area contributed by atoms with E-state index in [0.717, 1.165) is 5.82 Å². The van der Waals surface area contributed by atoms with E-state index in [9.17, 15) is 0 Å². The van der Waals surface area contributed by atoms with Gasteiger partial charge in [0.2, 0.25) is 0 Å². The summed E-state index contributed by atoms with van der Waals surface area (Å²) in [6.45, 7) is 3.71. The summed E-state index contributed by atoms with van der Waals surface area (Å²) >= 11 is 4.77. The largest absolute Gasteiger partial charge is 0.338 e. The van der Waals surface area contributed by atoms with Gasteiger partial charge in [0.15, 0.2) is 0 Å². The number of hydrogen-bond acceptors (Lipinski definition) is 3. The molecule has 0 unspecified atom stereocenters. The summed E-state index contributed by atoms with van der Waals surface area (Å²) in [5.41, 5.74) is 0. The van der Waals surface area contributed by atoms with Gasteiger partial charge in [-0.05, 0) is 19.1 Å². The number of hydrogen-bond donors (Lipinski definition) is 0. The molecule has 9 heavy (non-hydrogen) atoms. The molecule has 1 rings (SSSR count). The molecule has 0 bridgehead atoms. The molecule has 0 N–H and O–H groups in total. The Kier molecular flexibility index (Phi) is 1.71. The van der Waals surface area contributed by atoms with Crippen molar-refractivity contribution in [3.05, 3.63) is 10.7 Å². The van der Waals surface area contributed by atoms with E-state index >= 15 is 0 Å². The standard InChI is InChI=1S/C4H6BN2OS/c1-3-6-8-4(9)7(3)5-2/h1-2H3. The second-order valence-corrected chi connectivity index (χ2v) is 1.97. The summed E-state index contributed by atoms with van der Waals surface area (Å²) in [4.78, 5) is 0.398. The summed E-state index contributed by atoms with van der Waals surface area (Å²) in [6.07, 6.45) is 0. The molecule has 0 aromatic carbocycles. The quantitative estimate of drug-likeness (QED) is 0.432. The molecular weight excluding hydrogens is 135 g/mol. The van der Waals surface area contributed by atoms with Crippen LogP contribution in [-0.2, 0) is 0 Å². The first-order chi connectivity index (χ1) is 4.25. The maximum absolute atomic E-state index is 4.77. The van der Waals surface area contributed by atoms with Crippen molar-refractivity contribution in [3.8, 4) is 0 Å². The van der Waals surface area contributed by atoms with Crippen LogP contribution in [0.4, 0.5) is 0 Å². The molecule has 0 aliphatic carbocycles. The van der Waals surface area contributed by atoms with Gasteiger partial charge in [0, 0.05) is 0 Å². The van der Waals surface area contributed by atoms with Gasteiger partial charge in [-0.25, -0.2) is 0 Å². The molecule has 0 atom stereocenters. The molecule has 1 heterocycles. The second-order valence-electron chi connectivity index (χ2n) is 1.62. The summed E-state index contributed by atoms with van der Waals surface area (Å²) in [5.74, 6) is 0.780. The van der Waals surface area contributed by atoms with Crippen LogP contribution in [0.3, 0.4) is 0 Å². The minimum Gasteiger partial charge on any atom is -0.338 e. The summed E-state index contributed by atoms with van der Waals surface area (Å²) < 4.78 is 6.39. The highest BCUT2D eigenvalue weighted by Gasteiger charge is 1.98. The molecule has 1 aromatic rings. The average molecular weight is 141 g/mol. The zero-order valence-corrected chi connectivity index (χ0v) is 6.10. The molecule has 47 valence electrons. The van der Waals surface area contributed by atoms with Crippen molar-refractivity contribution in [3.63, 3.8) is 0 Å². The van der Waals surface area contributed by atoms with Crippen LogP contribution in [0.1, 0.15) is 5.82 Å². The Morgan fingerprint density at radius 1 is 1.78 bits per heavy atom. The Balaban J connectivity index is 3.23. The lowest BCUT2D eigenvalue weighted by Gasteiger charge is -1.90. The van der Waals surface area contributed by atoms with Crippen molar-refractivity contribution in [2.75, 3.05) is 0 Å². The number of rotatable bonds is 1. The Morgan fingerprint density at radius 3 is 2.67 bits per heavy atom. The van der Waals surface area contributed by atoms with Crippen LogP contribution in [0, 0.1) is 11.8 Å². The first-order valence-electron chi connectivity index (χ1n) is 2.60. The maximum Gasteiger partial charge on any atom is 0.284 e. The van der Waals surface area contributed by atoms with Crippen molar-refractivity contribution in [1.82, 2.24) is 9.63 Å². The van der Waals surface area contributed by atoms with Crippen molar-refractivity contribution < 1.29 is 4.52 Å². The number of aromatic nitrogens is 2. The molecule has 0 aliphatic heterocycles. The van der Waals surface area contributed by atoms with Crippen LogP contribution in [0.15, 0.2) is 4.52 Å². The molecule has 0 aliphatic rings. The van der Waals surface area contributed by atoms with Gasteiger partial charge >= 0.3 is 0 Å². The lowest BCUT2D eigenvalue weighted by atomic mass is 10.00. The van der Waals surface area contributed by atoms with Gasteiger partial charge in [-0.2, -0.15) is 0 Å². The van der Waals surface area contributed by atoms with Crippen LogP contribution >= 0.6 is 12.2 Å². The van der Waals surface area contributed by atoms with E-state index in [1.807, 2.05) is 21.2 Å². The lowest BCUT2D eigenvalue weighted by molar-refractivity contribution is 0.399. The minimum absolute atomic E-state index is 0.398. The third-order valence-electron chi connectivity index (χ3n) is 1.06. The van der Waals surface area contributed by atoms with Crippen molar-refractivity contribution in [1.29, 1.82) is 0 Å². The van der Waals surface area contributed by atoms with Gasteiger partial charge in [0.05, 0.1) is 0 Å². The molecular formula is C4H6BN2OS. The number of nitrogens with zero attached hydrogens (tertiary/aromatic N) is 2. The summed E-state index contributed by atoms with van der Waals surface area (Å²) in [7, 11) is 1.81. The highest BCUT2D eigenvalue weighted by Crippen LogP contribution is 1.94. The van der Waals surface area contributed by atoms with Gasteiger partial charge in [-0.1, -0.05) is 12.0 Å². The van der Waals surface area contributed by atoms with E-state index in [1.54, 1.807) is 4.48 Å². The molecule has 5 heteroatoms. The summed E-state index contributed by atoms with van der Waals surface area (Å²) in [5, 5.41) is 3.64. The predicted octanol–water partition coefficient (Wildman–Crippen LogP) is 1.03. The third kappa shape index (κ3) is 1.05. The molecule has 0 spiro atoms. The zero-order chi connectivity index (χ0) is 6.85. The Morgan fingerprint density at radius 2 is 2.44 bits per heavy atom. The molecule has 3 nitrogen and oxygen atoms in total. The van der Waals surface area contributed by atoms with Crippen LogP contribution in [-0.4, -0.2) is 17.0 Å². The third-order valence-corrected chi connectivity index (χ3v) is 1.33. The maximum atomic E-state index is 4.77. The van der Waals surface area contributed by atoms with Crippen LogP contribution in [0.2, 0.25) is 6.82 Å². The van der Waals surface area contributed by atoms with Crippen LogP contribution in [0.25, 0.3) is 0 Å². The van der Waals surface area contributed by atoms with Crippen LogP contribution < -0.4 is 0 Å². The number of aryl methyl sites for hydroxylation is 1. The van der Waals surface area contributed by atoms with Crippen molar-refractivity contribution in [2.24, 2.45) is 0 Å². The predicted molar refractivity (Wildman–Crippen MR) is 37.1 cm³/mol. The van der Waals surface area contributed by atoms with E-state index in [1.165, 1.54) is 0 Å². The van der Waals surface area contributed by atoms with E-state index in [0.29, 0.717) is 4.84 Å². The molecule has 0 saturated carbocycles. The second kappa shape index (κ2) is 2.35. The minimum atomic E-state index is 0.398. The SMILES string of the molecule is C[B]n1c(C)noc1=S. The lowest BCUT2D eigenvalue weighted by Crippen LogP contribution is -2.03. The van der Waals surface area contributed by atoms with E-state index < -0.39 is 0 Å². The first-order valence-corrected chi connectivity index (χ1v) is 3.01. The first kappa shape index (κ1) is 6.54. The smallest absolute Gasteiger partial charge is 0.284 e. The fraction of sp³-hybridized carbons (Fsp3) is 0.500. The van der Waals surface area contributed by atoms with Crippen LogP contribution in [0.5, 0.6) is 0 Å². The fourth-order valence-corrected chi connectivity index (χ4v) is 0.892. The summed E-state index contributed by atoms with van der Waals surface area (Å²) in [6, 6.07) is 0. The molecule has 1 radical (unpaired) electrons. The topological polar surface area (TPSA) is 31.0 Å². The highest BCUT2D eigenvalue weighted by atomic mass is 32.1. The zero-order valence-electron chi connectivity index (χ0n) is 5.29. The molecule has 0 saturated heterocycles. The molecule has 0 amide bonds. The molecule has 0 fully saturated rings. The Hall–Kier alpha value is -0.575. The van der Waals surface area contributed by atoms with E-state index in [4.69, 9.17) is 12.2 Å². The van der Waals surface area contributed by atoms with Gasteiger partial charge < -0.3 is 9.00 Å². The van der Waals surface area contributed by atoms with E-state index in [-0.39, 0.29) is 0 Å². The normalized spacial score (nSPS) is 9.56. The Labute approximate surface area is 58.9 Å². The molecule has 1 aromatic heterocycles. The van der Waals surface area contributed by atoms with E-state index in [2.05, 4.69) is 9.68 Å². The van der Waals surface area contributed by atoms with Gasteiger partial charge in [-0.3, -0.25) is 0 Å². The highest BCUT2D eigenvalue weighted by molar-refractivity contribution is 7.71. The van der Waals surface area contributed by atoms with Crippen molar-refractivity contribution in [2.45, 2.75) is 13.7 Å². The van der Waals surface area contributed by atoms with Crippen molar-refractivity contribution >= 4 is 19.6 Å². The van der Waals surface area contributed by atoms with Gasteiger partial charge in [0.1, 0.15) is 5.82 Å². The van der Waals surface area contributed by atoms with Gasteiger partial charge in [-0.15, -0.1) is 0 Å². The van der Waals surface area contributed by atoms with Gasteiger partial charge in [0.25, 0.3) is 12.3 Å². The monoisotopic (exact) mass is 141 g/mol. The average Bonchev–Trinajstić information content (AvgIpc) is 2.12. The Bertz CT molecular complexity index is 253. The fourth-order valence-electron chi connectivity index (χ4n) is 0.617.